The maximum Gasteiger partial charge on any atom is 0.176 e. The van der Waals surface area contributed by atoms with Gasteiger partial charge < -0.3 is 5.11 Å². The number of hydrogen-bond donors (Lipinski definition) is 1. The van der Waals surface area contributed by atoms with E-state index in [9.17, 15) is 14.3 Å². The zero-order valence-electron chi connectivity index (χ0n) is 14.4. The summed E-state index contributed by atoms with van der Waals surface area (Å²) in [5.41, 5.74) is 0.555. The van der Waals surface area contributed by atoms with Crippen LogP contribution in [0, 0.1) is 5.82 Å². The molecule has 0 aliphatic carbocycles. The molecular formula is C21H21ClFNO2. The number of ketones is 1. The Morgan fingerprint density at radius 2 is 1.65 bits per heavy atom. The van der Waals surface area contributed by atoms with E-state index in [0.29, 0.717) is 30.0 Å². The molecule has 0 saturated carbocycles. The standard InChI is InChI=1S/C21H21ClFNO2/c22-16-5-3-15(4-6-16)21(26)11-18-9-10-19(12-21)24(18)13-20(25)14-1-7-17(23)8-2-14/h1-8,18-19,26H,9-13H2. The van der Waals surface area contributed by atoms with Crippen molar-refractivity contribution in [1.82, 2.24) is 4.90 Å². The number of carbonyl (C=O) groups excluding carboxylic acids is 1. The van der Waals surface area contributed by atoms with Crippen molar-refractivity contribution in [2.24, 2.45) is 0 Å². The molecule has 0 radical (unpaired) electrons. The molecule has 0 aromatic heterocycles. The fraction of sp³-hybridized carbons (Fsp3) is 0.381. The summed E-state index contributed by atoms with van der Waals surface area (Å²) in [5, 5.41) is 11.9. The van der Waals surface area contributed by atoms with Gasteiger partial charge in [0.1, 0.15) is 5.82 Å². The minimum Gasteiger partial charge on any atom is -0.385 e. The van der Waals surface area contributed by atoms with Crippen LogP contribution >= 0.6 is 11.6 Å². The number of rotatable bonds is 4. The highest BCUT2D eigenvalue weighted by Gasteiger charge is 2.48. The predicted octanol–water partition coefficient (Wildman–Crippen LogP) is 4.18. The number of Topliss-reactive ketones (excluding diaryl/α,β-unsaturated/α-hetero) is 1. The van der Waals surface area contributed by atoms with Crippen LogP contribution in [0.2, 0.25) is 5.02 Å². The molecule has 2 atom stereocenters. The second-order valence-electron chi connectivity index (χ2n) is 7.43. The van der Waals surface area contributed by atoms with Gasteiger partial charge in [0.25, 0.3) is 0 Å². The zero-order valence-corrected chi connectivity index (χ0v) is 15.1. The van der Waals surface area contributed by atoms with E-state index >= 15 is 0 Å². The molecule has 2 aliphatic heterocycles. The summed E-state index contributed by atoms with van der Waals surface area (Å²) in [6.45, 7) is 0.317. The smallest absolute Gasteiger partial charge is 0.176 e. The summed E-state index contributed by atoms with van der Waals surface area (Å²) in [4.78, 5) is 14.8. The summed E-state index contributed by atoms with van der Waals surface area (Å²) >= 11 is 5.96. The van der Waals surface area contributed by atoms with Gasteiger partial charge in [-0.15, -0.1) is 0 Å². The van der Waals surface area contributed by atoms with Crippen molar-refractivity contribution in [3.63, 3.8) is 0 Å². The minimum atomic E-state index is -0.869. The molecule has 0 spiro atoms. The molecule has 2 heterocycles. The minimum absolute atomic E-state index is 0.00108. The lowest BCUT2D eigenvalue weighted by atomic mass is 9.80. The first kappa shape index (κ1) is 17.7. The number of aliphatic hydroxyl groups is 1. The van der Waals surface area contributed by atoms with Crippen LogP contribution in [0.25, 0.3) is 0 Å². The molecule has 2 fully saturated rings. The molecule has 3 nitrogen and oxygen atoms in total. The highest BCUT2D eigenvalue weighted by Crippen LogP contribution is 2.45. The molecule has 4 rings (SSSR count). The third-order valence-electron chi connectivity index (χ3n) is 5.79. The van der Waals surface area contributed by atoms with Crippen molar-refractivity contribution in [2.75, 3.05) is 6.54 Å². The summed E-state index contributed by atoms with van der Waals surface area (Å²) in [7, 11) is 0. The zero-order chi connectivity index (χ0) is 18.3. The Kier molecular flexibility index (Phi) is 4.59. The predicted molar refractivity (Wildman–Crippen MR) is 98.8 cm³/mol. The molecule has 2 unspecified atom stereocenters. The summed E-state index contributed by atoms with van der Waals surface area (Å²) in [5.74, 6) is -0.341. The van der Waals surface area contributed by atoms with Crippen molar-refractivity contribution in [1.29, 1.82) is 0 Å². The Morgan fingerprint density at radius 3 is 2.23 bits per heavy atom. The second-order valence-corrected chi connectivity index (χ2v) is 7.87. The van der Waals surface area contributed by atoms with Gasteiger partial charge in [-0.25, -0.2) is 4.39 Å². The average Bonchev–Trinajstić information content (AvgIpc) is 2.86. The van der Waals surface area contributed by atoms with E-state index in [1.54, 1.807) is 12.1 Å². The van der Waals surface area contributed by atoms with E-state index in [2.05, 4.69) is 4.90 Å². The molecule has 1 N–H and O–H groups in total. The van der Waals surface area contributed by atoms with Crippen molar-refractivity contribution in [3.05, 3.63) is 70.5 Å². The van der Waals surface area contributed by atoms with Crippen molar-refractivity contribution in [2.45, 2.75) is 43.4 Å². The van der Waals surface area contributed by atoms with Crippen LogP contribution in [0.1, 0.15) is 41.6 Å². The van der Waals surface area contributed by atoms with Crippen molar-refractivity contribution < 1.29 is 14.3 Å². The van der Waals surface area contributed by atoms with Crippen LogP contribution in [0.3, 0.4) is 0 Å². The van der Waals surface area contributed by atoms with Crippen LogP contribution < -0.4 is 0 Å². The van der Waals surface area contributed by atoms with Crippen LogP contribution in [0.15, 0.2) is 48.5 Å². The monoisotopic (exact) mass is 373 g/mol. The van der Waals surface area contributed by atoms with Gasteiger partial charge in [-0.3, -0.25) is 9.69 Å². The lowest BCUT2D eigenvalue weighted by Crippen LogP contribution is -2.51. The van der Waals surface area contributed by atoms with Gasteiger partial charge >= 0.3 is 0 Å². The van der Waals surface area contributed by atoms with E-state index in [1.807, 2.05) is 12.1 Å². The van der Waals surface area contributed by atoms with Gasteiger partial charge in [-0.2, -0.15) is 0 Å². The molecule has 0 amide bonds. The molecule has 2 saturated heterocycles. The van der Waals surface area contributed by atoms with Gasteiger partial charge in [-0.1, -0.05) is 23.7 Å². The number of carbonyl (C=O) groups is 1. The average molecular weight is 374 g/mol. The number of benzene rings is 2. The first-order valence-electron chi connectivity index (χ1n) is 8.97. The first-order valence-corrected chi connectivity index (χ1v) is 9.35. The third kappa shape index (κ3) is 3.29. The lowest BCUT2D eigenvalue weighted by molar-refractivity contribution is -0.0545. The van der Waals surface area contributed by atoms with Gasteiger partial charge in [0.05, 0.1) is 12.1 Å². The largest absolute Gasteiger partial charge is 0.385 e. The number of nitrogens with zero attached hydrogens (tertiary/aromatic N) is 1. The fourth-order valence-corrected chi connectivity index (χ4v) is 4.59. The molecule has 2 bridgehead atoms. The summed E-state index contributed by atoms with van der Waals surface area (Å²) < 4.78 is 13.1. The molecule has 5 heteroatoms. The molecule has 2 aromatic rings. The quantitative estimate of drug-likeness (QED) is 0.817. The van der Waals surface area contributed by atoms with Crippen LogP contribution in [-0.2, 0) is 5.60 Å². The number of hydrogen-bond acceptors (Lipinski definition) is 3. The van der Waals surface area contributed by atoms with E-state index in [0.717, 1.165) is 18.4 Å². The van der Waals surface area contributed by atoms with E-state index in [-0.39, 0.29) is 23.7 Å². The molecule has 26 heavy (non-hydrogen) atoms. The maximum absolute atomic E-state index is 13.1. The second kappa shape index (κ2) is 6.76. The van der Waals surface area contributed by atoms with E-state index in [1.165, 1.54) is 24.3 Å². The Bertz CT molecular complexity index is 792. The number of halogens is 2. The van der Waals surface area contributed by atoms with Crippen molar-refractivity contribution in [3.8, 4) is 0 Å². The normalized spacial score (nSPS) is 28.3. The van der Waals surface area contributed by atoms with Crippen molar-refractivity contribution >= 4 is 17.4 Å². The van der Waals surface area contributed by atoms with Crippen LogP contribution in [0.4, 0.5) is 4.39 Å². The molecule has 2 aromatic carbocycles. The van der Waals surface area contributed by atoms with Crippen LogP contribution in [-0.4, -0.2) is 34.4 Å². The molecule has 136 valence electrons. The number of piperidine rings is 1. The highest BCUT2D eigenvalue weighted by molar-refractivity contribution is 6.30. The Morgan fingerprint density at radius 1 is 1.08 bits per heavy atom. The Labute approximate surface area is 157 Å². The van der Waals surface area contributed by atoms with Gasteiger partial charge in [0, 0.05) is 22.7 Å². The van der Waals surface area contributed by atoms with E-state index < -0.39 is 5.60 Å². The van der Waals surface area contributed by atoms with Gasteiger partial charge in [-0.05, 0) is 67.6 Å². The first-order chi connectivity index (χ1) is 12.4. The Balaban J connectivity index is 1.49. The lowest BCUT2D eigenvalue weighted by Gasteiger charge is -2.43. The molecular weight excluding hydrogens is 353 g/mol. The third-order valence-corrected chi connectivity index (χ3v) is 6.04. The fourth-order valence-electron chi connectivity index (χ4n) is 4.46. The molecule has 2 aliphatic rings. The maximum atomic E-state index is 13.1. The SMILES string of the molecule is O=C(CN1C2CCC1CC(O)(c1ccc(Cl)cc1)C2)c1ccc(F)cc1. The van der Waals surface area contributed by atoms with E-state index in [4.69, 9.17) is 11.6 Å². The Hall–Kier alpha value is -1.75. The highest BCUT2D eigenvalue weighted by atomic mass is 35.5. The number of fused-ring (bicyclic) bond motifs is 2. The summed E-state index contributed by atoms with van der Waals surface area (Å²) in [6.07, 6.45) is 3.19. The van der Waals surface area contributed by atoms with Crippen LogP contribution in [0.5, 0.6) is 0 Å². The van der Waals surface area contributed by atoms with Gasteiger partial charge in [0.2, 0.25) is 0 Å². The summed E-state index contributed by atoms with van der Waals surface area (Å²) in [6, 6.07) is 13.5. The van der Waals surface area contributed by atoms with Gasteiger partial charge in [0.15, 0.2) is 5.78 Å². The topological polar surface area (TPSA) is 40.5 Å².